The van der Waals surface area contributed by atoms with Crippen LogP contribution >= 0.6 is 0 Å². The molecule has 1 amide bonds. The molecule has 2 aromatic heterocycles. The lowest BCUT2D eigenvalue weighted by atomic mass is 10.0. The molecule has 1 fully saturated rings. The van der Waals surface area contributed by atoms with Gasteiger partial charge in [-0.2, -0.15) is 0 Å². The van der Waals surface area contributed by atoms with Crippen molar-refractivity contribution in [2.75, 3.05) is 32.1 Å². The first-order valence-corrected chi connectivity index (χ1v) is 12.2. The quantitative estimate of drug-likeness (QED) is 0.354. The Morgan fingerprint density at radius 3 is 2.57 bits per heavy atom. The highest BCUT2D eigenvalue weighted by Crippen LogP contribution is 2.30. The van der Waals surface area contributed by atoms with Gasteiger partial charge >= 0.3 is 5.69 Å². The first-order chi connectivity index (χ1) is 18.0. The van der Waals surface area contributed by atoms with Crippen molar-refractivity contribution in [3.63, 3.8) is 0 Å². The number of hydrogen-bond donors (Lipinski definition) is 3. The predicted octanol–water partition coefficient (Wildman–Crippen LogP) is 2.54. The number of pyridine rings is 1. The van der Waals surface area contributed by atoms with Crippen LogP contribution in [0.25, 0.3) is 16.7 Å². The van der Waals surface area contributed by atoms with E-state index in [0.29, 0.717) is 53.4 Å². The normalized spacial score (nSPS) is 16.5. The zero-order valence-electron chi connectivity index (χ0n) is 20.4. The van der Waals surface area contributed by atoms with Gasteiger partial charge in [-0.1, -0.05) is 18.2 Å². The highest BCUT2D eigenvalue weighted by Gasteiger charge is 2.31. The zero-order valence-corrected chi connectivity index (χ0v) is 20.4. The molecule has 37 heavy (non-hydrogen) atoms. The number of aromatic nitrogens is 3. The number of benzene rings is 2. The topological polar surface area (TPSA) is 122 Å². The number of fused-ring (bicyclic) bond motifs is 1. The second kappa shape index (κ2) is 10.5. The number of likely N-dealkylation sites (tertiary alicyclic amines) is 1. The number of rotatable bonds is 7. The number of para-hydroxylation sites is 1. The van der Waals surface area contributed by atoms with Crippen molar-refractivity contribution in [1.82, 2.24) is 19.0 Å². The first kappa shape index (κ1) is 24.5. The maximum atomic E-state index is 13.9. The van der Waals surface area contributed by atoms with E-state index in [-0.39, 0.29) is 18.3 Å². The number of piperidine rings is 1. The molecule has 0 saturated carbocycles. The van der Waals surface area contributed by atoms with E-state index in [1.165, 1.54) is 4.90 Å². The van der Waals surface area contributed by atoms with Gasteiger partial charge < -0.3 is 25.2 Å². The van der Waals surface area contributed by atoms with E-state index in [1.807, 2.05) is 54.6 Å². The Balaban J connectivity index is 1.55. The van der Waals surface area contributed by atoms with Crippen molar-refractivity contribution in [2.24, 2.45) is 0 Å². The number of amides is 1. The van der Waals surface area contributed by atoms with E-state index >= 15 is 0 Å². The van der Waals surface area contributed by atoms with E-state index in [9.17, 15) is 19.8 Å². The smallest absolute Gasteiger partial charge is 0.334 e. The van der Waals surface area contributed by atoms with E-state index < -0.39 is 18.6 Å². The largest absolute Gasteiger partial charge is 0.457 e. The average Bonchev–Trinajstić information content (AvgIpc) is 3.25. The molecule has 3 N–H and O–H groups in total. The average molecular weight is 504 g/mol. The van der Waals surface area contributed by atoms with Crippen LogP contribution in [0.2, 0.25) is 0 Å². The maximum absolute atomic E-state index is 13.9. The molecule has 1 saturated heterocycles. The third-order valence-electron chi connectivity index (χ3n) is 6.63. The Hall–Kier alpha value is -4.15. The predicted molar refractivity (Wildman–Crippen MR) is 139 cm³/mol. The highest BCUT2D eigenvalue weighted by molar-refractivity contribution is 5.88. The standard InChI is InChI=1S/C27H29N5O5/c1-28-25-24-22(13-14-29-25)31(19-6-5-15-30(16-19)26(35)23(34)17-33)27(36)32(24)18-9-11-21(12-10-18)37-20-7-3-2-4-8-20/h2-4,7-14,19,23,33-34H,5-6,15-17H2,1H3,(H,28,29)/t19-,23+/m1/s1. The van der Waals surface area contributed by atoms with Gasteiger partial charge in [0.25, 0.3) is 5.91 Å². The van der Waals surface area contributed by atoms with Crippen LogP contribution in [-0.2, 0) is 4.79 Å². The molecule has 192 valence electrons. The molecule has 1 aliphatic heterocycles. The van der Waals surface area contributed by atoms with Gasteiger partial charge in [-0.15, -0.1) is 0 Å². The summed E-state index contributed by atoms with van der Waals surface area (Å²) in [5.41, 5.74) is 1.72. The number of ether oxygens (including phenoxy) is 1. The van der Waals surface area contributed by atoms with Gasteiger partial charge in [0.15, 0.2) is 11.9 Å². The van der Waals surface area contributed by atoms with Crippen molar-refractivity contribution < 1.29 is 19.7 Å². The fourth-order valence-corrected chi connectivity index (χ4v) is 4.88. The fourth-order valence-electron chi connectivity index (χ4n) is 4.88. The lowest BCUT2D eigenvalue weighted by molar-refractivity contribution is -0.143. The van der Waals surface area contributed by atoms with E-state index in [0.717, 1.165) is 0 Å². The molecule has 5 rings (SSSR count). The number of imidazole rings is 1. The second-order valence-electron chi connectivity index (χ2n) is 8.95. The summed E-state index contributed by atoms with van der Waals surface area (Å²) in [4.78, 5) is 32.4. The molecule has 0 unspecified atom stereocenters. The first-order valence-electron chi connectivity index (χ1n) is 12.2. The summed E-state index contributed by atoms with van der Waals surface area (Å²) < 4.78 is 9.22. The van der Waals surface area contributed by atoms with Crippen LogP contribution in [0.4, 0.5) is 5.82 Å². The summed E-state index contributed by atoms with van der Waals surface area (Å²) in [6, 6.07) is 18.2. The minimum absolute atomic E-state index is 0.252. The molecule has 0 bridgehead atoms. The molecule has 2 aromatic carbocycles. The van der Waals surface area contributed by atoms with E-state index in [2.05, 4.69) is 10.3 Å². The van der Waals surface area contributed by atoms with E-state index in [1.54, 1.807) is 28.4 Å². The minimum Gasteiger partial charge on any atom is -0.457 e. The molecule has 2 atom stereocenters. The van der Waals surface area contributed by atoms with Crippen LogP contribution in [0.5, 0.6) is 11.5 Å². The van der Waals surface area contributed by atoms with Gasteiger partial charge in [-0.05, 0) is 55.3 Å². The monoisotopic (exact) mass is 503 g/mol. The lowest BCUT2D eigenvalue weighted by Crippen LogP contribution is -2.47. The summed E-state index contributed by atoms with van der Waals surface area (Å²) in [5.74, 6) is 1.38. The number of aliphatic hydroxyl groups excluding tert-OH is 2. The summed E-state index contributed by atoms with van der Waals surface area (Å²) in [6.45, 7) is 0.0857. The second-order valence-corrected chi connectivity index (χ2v) is 8.95. The van der Waals surface area contributed by atoms with Gasteiger partial charge in [0.05, 0.1) is 23.9 Å². The summed E-state index contributed by atoms with van der Waals surface area (Å²) >= 11 is 0. The van der Waals surface area contributed by atoms with Gasteiger partial charge in [-0.25, -0.2) is 9.78 Å². The van der Waals surface area contributed by atoms with Crippen LogP contribution in [0.1, 0.15) is 18.9 Å². The van der Waals surface area contributed by atoms with Crippen molar-refractivity contribution in [2.45, 2.75) is 25.0 Å². The van der Waals surface area contributed by atoms with Crippen LogP contribution in [0.3, 0.4) is 0 Å². The number of hydrogen-bond acceptors (Lipinski definition) is 7. The molecule has 1 aliphatic rings. The Morgan fingerprint density at radius 1 is 1.14 bits per heavy atom. The summed E-state index contributed by atoms with van der Waals surface area (Å²) in [5, 5.41) is 22.2. The number of aliphatic hydroxyl groups is 2. The molecular formula is C27H29N5O5. The molecule has 10 heteroatoms. The van der Waals surface area contributed by atoms with Crippen LogP contribution < -0.4 is 15.7 Å². The zero-order chi connectivity index (χ0) is 25.9. The Labute approximate surface area is 213 Å². The third kappa shape index (κ3) is 4.68. The van der Waals surface area contributed by atoms with Gasteiger partial charge in [0.1, 0.15) is 17.0 Å². The molecular weight excluding hydrogens is 474 g/mol. The Kier molecular flexibility index (Phi) is 6.93. The van der Waals surface area contributed by atoms with Crippen molar-refractivity contribution in [1.29, 1.82) is 0 Å². The number of anilines is 1. The van der Waals surface area contributed by atoms with Crippen molar-refractivity contribution in [3.05, 3.63) is 77.3 Å². The molecule has 0 aliphatic carbocycles. The molecule has 10 nitrogen and oxygen atoms in total. The SMILES string of the molecule is CNc1nccc2c1n(-c1ccc(Oc3ccccc3)cc1)c(=O)n2[C@@H]1CCCN(C(=O)[C@@H](O)CO)C1. The Bertz CT molecular complexity index is 1450. The lowest BCUT2D eigenvalue weighted by Gasteiger charge is -2.34. The maximum Gasteiger partial charge on any atom is 0.334 e. The number of nitrogens with zero attached hydrogens (tertiary/aromatic N) is 4. The summed E-state index contributed by atoms with van der Waals surface area (Å²) in [7, 11) is 1.75. The van der Waals surface area contributed by atoms with Crippen LogP contribution in [-0.4, -0.2) is 68.0 Å². The van der Waals surface area contributed by atoms with Gasteiger partial charge in [0, 0.05) is 26.3 Å². The molecule has 0 radical (unpaired) electrons. The van der Waals surface area contributed by atoms with E-state index in [4.69, 9.17) is 4.74 Å². The van der Waals surface area contributed by atoms with Gasteiger partial charge in [-0.3, -0.25) is 13.9 Å². The Morgan fingerprint density at radius 2 is 1.86 bits per heavy atom. The third-order valence-corrected chi connectivity index (χ3v) is 6.63. The van der Waals surface area contributed by atoms with Crippen LogP contribution in [0.15, 0.2) is 71.7 Å². The van der Waals surface area contributed by atoms with Crippen LogP contribution in [0, 0.1) is 0 Å². The number of carbonyl (C=O) groups excluding carboxylic acids is 1. The fraction of sp³-hybridized carbons (Fsp3) is 0.296. The molecule has 4 aromatic rings. The van der Waals surface area contributed by atoms with Gasteiger partial charge in [0.2, 0.25) is 0 Å². The number of carbonyl (C=O) groups is 1. The number of nitrogens with one attached hydrogen (secondary N) is 1. The van der Waals surface area contributed by atoms with Crippen molar-refractivity contribution >= 4 is 22.8 Å². The summed E-state index contributed by atoms with van der Waals surface area (Å²) in [6.07, 6.45) is 1.54. The van der Waals surface area contributed by atoms with Crippen molar-refractivity contribution in [3.8, 4) is 17.2 Å². The molecule has 0 spiro atoms. The highest BCUT2D eigenvalue weighted by atomic mass is 16.5. The molecule has 3 heterocycles. The minimum atomic E-state index is -1.46.